The van der Waals surface area contributed by atoms with Crippen LogP contribution in [0.3, 0.4) is 0 Å². The molecular weight excluding hydrogens is 104 g/mol. The second kappa shape index (κ2) is 2.69. The molecule has 0 heterocycles. The molecule has 0 aromatic carbocycles. The van der Waals surface area contributed by atoms with Gasteiger partial charge >= 0.3 is 0 Å². The van der Waals surface area contributed by atoms with Crippen molar-refractivity contribution in [3.05, 3.63) is 0 Å². The van der Waals surface area contributed by atoms with E-state index in [4.69, 9.17) is 16.2 Å². The summed E-state index contributed by atoms with van der Waals surface area (Å²) >= 11 is 5.23. The van der Waals surface area contributed by atoms with Gasteiger partial charge in [0, 0.05) is 0 Å². The quantitative estimate of drug-likeness (QED) is 0.361. The highest BCUT2D eigenvalue weighted by Gasteiger charge is 1.86. The first-order valence-electron chi connectivity index (χ1n) is 1.51. The summed E-state index contributed by atoms with van der Waals surface area (Å²) in [6, 6.07) is 0. The van der Waals surface area contributed by atoms with Crippen LogP contribution >= 0.6 is 11.1 Å². The Kier molecular flexibility index (Phi) is 2.94. The minimum absolute atomic E-state index is 0.211. The number of hydrogen-bond donors (Lipinski definition) is 1. The van der Waals surface area contributed by atoms with Crippen LogP contribution in [0.4, 0.5) is 0 Å². The molecule has 0 rings (SSSR count). The van der Waals surface area contributed by atoms with Crippen LogP contribution < -0.4 is 0 Å². The third kappa shape index (κ3) is 4.47. The minimum Gasteiger partial charge on any atom is -0.396 e. The maximum absolute atomic E-state index is 8.29. The molecule has 1 nitrogen and oxygen atoms in total. The fourth-order valence-electron chi connectivity index (χ4n) is 0. The van der Waals surface area contributed by atoms with Crippen molar-refractivity contribution in [2.45, 2.75) is 12.7 Å². The molecule has 0 fully saturated rings. The third-order valence-electron chi connectivity index (χ3n) is 0.223. The molecule has 1 atom stereocenters. The van der Waals surface area contributed by atoms with Gasteiger partial charge in [0.15, 0.2) is 8.83 Å². The molecule has 0 amide bonds. The van der Waals surface area contributed by atoms with E-state index in [2.05, 4.69) is 0 Å². The topological polar surface area (TPSA) is 20.2 Å². The van der Waals surface area contributed by atoms with Crippen molar-refractivity contribution in [3.63, 3.8) is 0 Å². The Hall–Kier alpha value is 0.467. The molecule has 0 saturated heterocycles. The van der Waals surface area contributed by atoms with E-state index in [-0.39, 0.29) is 5.73 Å². The van der Waals surface area contributed by atoms with Crippen LogP contribution in [-0.4, -0.2) is 19.7 Å². The summed E-state index contributed by atoms with van der Waals surface area (Å²) in [6.07, 6.45) is 0. The van der Waals surface area contributed by atoms with Gasteiger partial charge < -0.3 is 5.11 Å². The highest BCUT2D eigenvalue weighted by Crippen LogP contribution is 1.75. The lowest BCUT2D eigenvalue weighted by Gasteiger charge is -1.87. The summed E-state index contributed by atoms with van der Waals surface area (Å²) in [4.78, 5) is 0. The van der Waals surface area contributed by atoms with Crippen LogP contribution in [0.5, 0.6) is 0 Å². The Labute approximate surface area is 38.5 Å². The SMILES string of the molecule is CC(O)[SiH2]Cl. The summed E-state index contributed by atoms with van der Waals surface area (Å²) < 4.78 is 0. The van der Waals surface area contributed by atoms with Crippen LogP contribution in [0.1, 0.15) is 6.92 Å². The van der Waals surface area contributed by atoms with E-state index in [9.17, 15) is 0 Å². The molecule has 0 bridgehead atoms. The zero-order valence-corrected chi connectivity index (χ0v) is 5.28. The lowest BCUT2D eigenvalue weighted by Crippen LogP contribution is -2.02. The van der Waals surface area contributed by atoms with Crippen LogP contribution in [-0.2, 0) is 0 Å². The van der Waals surface area contributed by atoms with Crippen molar-refractivity contribution in [3.8, 4) is 0 Å². The summed E-state index contributed by atoms with van der Waals surface area (Å²) in [5, 5.41) is 8.29. The molecule has 32 valence electrons. The molecule has 1 unspecified atom stereocenters. The highest BCUT2D eigenvalue weighted by molar-refractivity contribution is 6.94. The summed E-state index contributed by atoms with van der Waals surface area (Å²) in [7, 11) is -0.623. The number of aliphatic hydroxyl groups is 1. The van der Waals surface area contributed by atoms with Crippen molar-refractivity contribution < 1.29 is 5.11 Å². The molecule has 0 spiro atoms. The van der Waals surface area contributed by atoms with E-state index in [1.165, 1.54) is 0 Å². The molecule has 0 radical (unpaired) electrons. The molecule has 0 saturated carbocycles. The van der Waals surface area contributed by atoms with Gasteiger partial charge in [-0.2, -0.15) is 11.1 Å². The van der Waals surface area contributed by atoms with Crippen LogP contribution in [0.2, 0.25) is 0 Å². The van der Waals surface area contributed by atoms with Gasteiger partial charge in [0.2, 0.25) is 0 Å². The highest BCUT2D eigenvalue weighted by atomic mass is 35.6. The predicted octanol–water partition coefficient (Wildman–Crippen LogP) is -0.353. The summed E-state index contributed by atoms with van der Waals surface area (Å²) in [5.74, 6) is 0. The fraction of sp³-hybridized carbons (Fsp3) is 1.00. The number of halogens is 1. The van der Waals surface area contributed by atoms with Gasteiger partial charge in [-0.3, -0.25) is 0 Å². The second-order valence-corrected chi connectivity index (χ2v) is 3.42. The van der Waals surface area contributed by atoms with Crippen LogP contribution in [0.15, 0.2) is 0 Å². The van der Waals surface area contributed by atoms with E-state index in [1.807, 2.05) is 0 Å². The smallest absolute Gasteiger partial charge is 0.155 e. The predicted molar refractivity (Wildman–Crippen MR) is 26.1 cm³/mol. The average Bonchev–Trinajstić information content (AvgIpc) is 1.38. The normalized spacial score (nSPS) is 17.4. The number of rotatable bonds is 1. The monoisotopic (exact) mass is 110 g/mol. The molecule has 1 N–H and O–H groups in total. The zero-order valence-electron chi connectivity index (χ0n) is 3.11. The second-order valence-electron chi connectivity index (χ2n) is 1.00. The molecule has 0 aromatic heterocycles. The average molecular weight is 111 g/mol. The van der Waals surface area contributed by atoms with Gasteiger partial charge in [-0.05, 0) is 6.92 Å². The van der Waals surface area contributed by atoms with E-state index in [0.717, 1.165) is 0 Å². The first-order valence-corrected chi connectivity index (χ1v) is 4.47. The summed E-state index contributed by atoms with van der Waals surface area (Å²) in [6.45, 7) is 1.71. The molecular formula is C2H7ClOSi. The van der Waals surface area contributed by atoms with Gasteiger partial charge in [0.25, 0.3) is 0 Å². The molecule has 3 heteroatoms. The van der Waals surface area contributed by atoms with Crippen LogP contribution in [0, 0.1) is 0 Å². The van der Waals surface area contributed by atoms with Gasteiger partial charge in [-0.25, -0.2) is 0 Å². The fourth-order valence-corrected chi connectivity index (χ4v) is 0. The van der Waals surface area contributed by atoms with Gasteiger partial charge in [-0.1, -0.05) is 0 Å². The Morgan fingerprint density at radius 3 is 2.20 bits per heavy atom. The van der Waals surface area contributed by atoms with Gasteiger partial charge in [0.1, 0.15) is 0 Å². The summed E-state index contributed by atoms with van der Waals surface area (Å²) in [5.41, 5.74) is -0.211. The Balaban J connectivity index is 2.54. The number of aliphatic hydroxyl groups excluding tert-OH is 1. The Bertz CT molecular complexity index is 23.6. The lowest BCUT2D eigenvalue weighted by molar-refractivity contribution is 0.275. The molecule has 0 aliphatic carbocycles. The molecule has 0 aromatic rings. The van der Waals surface area contributed by atoms with E-state index in [0.29, 0.717) is 0 Å². The lowest BCUT2D eigenvalue weighted by atomic mass is 10.9. The minimum atomic E-state index is -0.623. The van der Waals surface area contributed by atoms with Gasteiger partial charge in [0.05, 0.1) is 5.73 Å². The maximum atomic E-state index is 8.29. The Morgan fingerprint density at radius 1 is 2.00 bits per heavy atom. The zero-order chi connectivity index (χ0) is 4.28. The van der Waals surface area contributed by atoms with Crippen molar-refractivity contribution in [1.82, 2.24) is 0 Å². The van der Waals surface area contributed by atoms with Crippen molar-refractivity contribution in [1.29, 1.82) is 0 Å². The van der Waals surface area contributed by atoms with Crippen molar-refractivity contribution in [2.24, 2.45) is 0 Å². The molecule has 0 aliphatic rings. The van der Waals surface area contributed by atoms with Crippen LogP contribution in [0.25, 0.3) is 0 Å². The van der Waals surface area contributed by atoms with E-state index >= 15 is 0 Å². The maximum Gasteiger partial charge on any atom is 0.155 e. The molecule has 5 heavy (non-hydrogen) atoms. The first-order chi connectivity index (χ1) is 2.27. The third-order valence-corrected chi connectivity index (χ3v) is 2.01. The molecule has 0 aliphatic heterocycles. The van der Waals surface area contributed by atoms with Crippen molar-refractivity contribution in [2.75, 3.05) is 0 Å². The standard InChI is InChI=1S/C2H7ClOSi/c1-2(4)5-3/h2,4H,5H2,1H3. The van der Waals surface area contributed by atoms with E-state index in [1.54, 1.807) is 6.92 Å². The Morgan fingerprint density at radius 2 is 2.20 bits per heavy atom. The number of hydrogen-bond acceptors (Lipinski definition) is 1. The largest absolute Gasteiger partial charge is 0.396 e. The first kappa shape index (κ1) is 5.47. The van der Waals surface area contributed by atoms with Crippen molar-refractivity contribution >= 4 is 19.9 Å². The van der Waals surface area contributed by atoms with Gasteiger partial charge in [-0.15, -0.1) is 0 Å². The van der Waals surface area contributed by atoms with E-state index < -0.39 is 8.83 Å².